The molecule has 0 amide bonds. The first kappa shape index (κ1) is 15.0. The standard InChI is InChI=1S/C17H18FN3/c1-12(13-4-3-5-17(20)9-13)21(2)11-15-8-16(18)7-6-14(15)10-19/h3-9,12H,11,20H2,1-2H3. The third kappa shape index (κ3) is 3.59. The van der Waals surface area contributed by atoms with Gasteiger partial charge in [0.25, 0.3) is 0 Å². The lowest BCUT2D eigenvalue weighted by Crippen LogP contribution is -2.22. The molecule has 0 saturated heterocycles. The van der Waals surface area contributed by atoms with E-state index in [2.05, 4.69) is 17.9 Å². The van der Waals surface area contributed by atoms with Gasteiger partial charge in [-0.3, -0.25) is 4.90 Å². The summed E-state index contributed by atoms with van der Waals surface area (Å²) < 4.78 is 13.4. The molecule has 0 aliphatic rings. The van der Waals surface area contributed by atoms with Crippen LogP contribution in [0, 0.1) is 17.1 Å². The number of hydrogen-bond donors (Lipinski definition) is 1. The lowest BCUT2D eigenvalue weighted by molar-refractivity contribution is 0.252. The van der Waals surface area contributed by atoms with Crippen molar-refractivity contribution in [3.05, 3.63) is 65.0 Å². The maximum atomic E-state index is 13.4. The molecule has 3 nitrogen and oxygen atoms in total. The molecule has 1 atom stereocenters. The van der Waals surface area contributed by atoms with Crippen molar-refractivity contribution in [2.24, 2.45) is 0 Å². The van der Waals surface area contributed by atoms with E-state index >= 15 is 0 Å². The lowest BCUT2D eigenvalue weighted by Gasteiger charge is -2.25. The number of nitriles is 1. The molecule has 0 fully saturated rings. The number of nitrogen functional groups attached to an aromatic ring is 1. The number of hydrogen-bond acceptors (Lipinski definition) is 3. The van der Waals surface area contributed by atoms with Crippen LogP contribution in [0.3, 0.4) is 0 Å². The highest BCUT2D eigenvalue weighted by atomic mass is 19.1. The van der Waals surface area contributed by atoms with Gasteiger partial charge in [-0.05, 0) is 55.4 Å². The van der Waals surface area contributed by atoms with Crippen LogP contribution < -0.4 is 5.73 Å². The topological polar surface area (TPSA) is 53.0 Å². The summed E-state index contributed by atoms with van der Waals surface area (Å²) in [5.74, 6) is -0.325. The third-order valence-corrected chi connectivity index (χ3v) is 3.66. The summed E-state index contributed by atoms with van der Waals surface area (Å²) in [5, 5.41) is 9.11. The number of halogens is 1. The summed E-state index contributed by atoms with van der Waals surface area (Å²) in [7, 11) is 1.94. The van der Waals surface area contributed by atoms with Crippen LogP contribution in [0.15, 0.2) is 42.5 Å². The van der Waals surface area contributed by atoms with E-state index in [-0.39, 0.29) is 11.9 Å². The maximum Gasteiger partial charge on any atom is 0.123 e. The molecule has 2 aromatic carbocycles. The van der Waals surface area contributed by atoms with Crippen molar-refractivity contribution in [3.8, 4) is 6.07 Å². The Morgan fingerprint density at radius 2 is 2.05 bits per heavy atom. The minimum atomic E-state index is -0.325. The summed E-state index contributed by atoms with van der Waals surface area (Å²) >= 11 is 0. The molecule has 0 aliphatic heterocycles. The van der Waals surface area contributed by atoms with Gasteiger partial charge in [0.15, 0.2) is 0 Å². The van der Waals surface area contributed by atoms with Crippen LogP contribution in [0.1, 0.15) is 29.7 Å². The Morgan fingerprint density at radius 3 is 2.71 bits per heavy atom. The molecule has 0 heterocycles. The first-order chi connectivity index (χ1) is 10.0. The minimum Gasteiger partial charge on any atom is -0.399 e. The zero-order valence-corrected chi connectivity index (χ0v) is 12.2. The molecule has 2 rings (SSSR count). The van der Waals surface area contributed by atoms with Gasteiger partial charge in [0.05, 0.1) is 11.6 Å². The van der Waals surface area contributed by atoms with Crippen molar-refractivity contribution >= 4 is 5.69 Å². The molecule has 21 heavy (non-hydrogen) atoms. The second kappa shape index (κ2) is 6.38. The highest BCUT2D eigenvalue weighted by molar-refractivity contribution is 5.42. The SMILES string of the molecule is CC(c1cccc(N)c1)N(C)Cc1cc(F)ccc1C#N. The fourth-order valence-electron chi connectivity index (χ4n) is 2.28. The van der Waals surface area contributed by atoms with Crippen LogP contribution in [0.25, 0.3) is 0 Å². The van der Waals surface area contributed by atoms with Gasteiger partial charge in [0, 0.05) is 18.3 Å². The van der Waals surface area contributed by atoms with E-state index in [9.17, 15) is 4.39 Å². The van der Waals surface area contributed by atoms with Crippen LogP contribution in [-0.4, -0.2) is 11.9 Å². The molecule has 0 saturated carbocycles. The first-order valence-corrected chi connectivity index (χ1v) is 6.75. The van der Waals surface area contributed by atoms with Crippen LogP contribution in [-0.2, 0) is 6.54 Å². The van der Waals surface area contributed by atoms with Crippen LogP contribution >= 0.6 is 0 Å². The molecular formula is C17H18FN3. The summed E-state index contributed by atoms with van der Waals surface area (Å²) in [6.45, 7) is 2.55. The van der Waals surface area contributed by atoms with Crippen molar-refractivity contribution in [2.45, 2.75) is 19.5 Å². The van der Waals surface area contributed by atoms with Crippen molar-refractivity contribution < 1.29 is 4.39 Å². The maximum absolute atomic E-state index is 13.4. The van der Waals surface area contributed by atoms with Crippen LogP contribution in [0.4, 0.5) is 10.1 Å². The second-order valence-electron chi connectivity index (χ2n) is 5.17. The van der Waals surface area contributed by atoms with Gasteiger partial charge in [-0.25, -0.2) is 4.39 Å². The second-order valence-corrected chi connectivity index (χ2v) is 5.17. The number of nitrogens with zero attached hydrogens (tertiary/aromatic N) is 2. The Balaban J connectivity index is 2.20. The van der Waals surface area contributed by atoms with E-state index in [4.69, 9.17) is 11.0 Å². The number of benzene rings is 2. The largest absolute Gasteiger partial charge is 0.399 e. The Hall–Kier alpha value is -2.38. The predicted molar refractivity (Wildman–Crippen MR) is 81.9 cm³/mol. The molecule has 2 N–H and O–H groups in total. The lowest BCUT2D eigenvalue weighted by atomic mass is 10.0. The fraction of sp³-hybridized carbons (Fsp3) is 0.235. The van der Waals surface area contributed by atoms with Gasteiger partial charge in [-0.2, -0.15) is 5.26 Å². The van der Waals surface area contributed by atoms with E-state index in [1.165, 1.54) is 18.2 Å². The Kier molecular flexibility index (Phi) is 4.56. The summed E-state index contributed by atoms with van der Waals surface area (Å²) in [5.41, 5.74) is 8.81. The Morgan fingerprint density at radius 1 is 1.29 bits per heavy atom. The fourth-order valence-corrected chi connectivity index (χ4v) is 2.28. The van der Waals surface area contributed by atoms with Gasteiger partial charge in [-0.15, -0.1) is 0 Å². The van der Waals surface area contributed by atoms with E-state index in [1.807, 2.05) is 31.3 Å². The Labute approximate surface area is 124 Å². The van der Waals surface area contributed by atoms with Crippen LogP contribution in [0.5, 0.6) is 0 Å². The number of anilines is 1. The molecule has 4 heteroatoms. The number of rotatable bonds is 4. The molecular weight excluding hydrogens is 265 g/mol. The summed E-state index contributed by atoms with van der Waals surface area (Å²) in [6.07, 6.45) is 0. The summed E-state index contributed by atoms with van der Waals surface area (Å²) in [6, 6.07) is 14.2. The summed E-state index contributed by atoms with van der Waals surface area (Å²) in [4.78, 5) is 2.06. The van der Waals surface area contributed by atoms with Gasteiger partial charge in [-0.1, -0.05) is 12.1 Å². The quantitative estimate of drug-likeness (QED) is 0.874. The van der Waals surface area contributed by atoms with Crippen molar-refractivity contribution in [3.63, 3.8) is 0 Å². The molecule has 0 aromatic heterocycles. The third-order valence-electron chi connectivity index (χ3n) is 3.66. The van der Waals surface area contributed by atoms with Crippen molar-refractivity contribution in [1.82, 2.24) is 4.90 Å². The smallest absolute Gasteiger partial charge is 0.123 e. The average molecular weight is 283 g/mol. The molecule has 1 unspecified atom stereocenters. The van der Waals surface area contributed by atoms with Gasteiger partial charge in [0.2, 0.25) is 0 Å². The monoisotopic (exact) mass is 283 g/mol. The molecule has 2 aromatic rings. The van der Waals surface area contributed by atoms with Gasteiger partial charge < -0.3 is 5.73 Å². The molecule has 0 radical (unpaired) electrons. The molecule has 0 spiro atoms. The highest BCUT2D eigenvalue weighted by Crippen LogP contribution is 2.23. The number of nitrogens with two attached hydrogens (primary N) is 1. The van der Waals surface area contributed by atoms with E-state index in [1.54, 1.807) is 0 Å². The normalized spacial score (nSPS) is 12.1. The van der Waals surface area contributed by atoms with Crippen molar-refractivity contribution in [1.29, 1.82) is 5.26 Å². The van der Waals surface area contributed by atoms with E-state index < -0.39 is 0 Å². The molecule has 108 valence electrons. The first-order valence-electron chi connectivity index (χ1n) is 6.75. The Bertz CT molecular complexity index is 676. The highest BCUT2D eigenvalue weighted by Gasteiger charge is 2.14. The molecule has 0 bridgehead atoms. The predicted octanol–water partition coefficient (Wildman–Crippen LogP) is 3.47. The van der Waals surface area contributed by atoms with Crippen LogP contribution in [0.2, 0.25) is 0 Å². The van der Waals surface area contributed by atoms with E-state index in [0.29, 0.717) is 17.7 Å². The minimum absolute atomic E-state index is 0.114. The molecule has 0 aliphatic carbocycles. The van der Waals surface area contributed by atoms with Gasteiger partial charge >= 0.3 is 0 Å². The average Bonchev–Trinajstić information content (AvgIpc) is 2.46. The van der Waals surface area contributed by atoms with Crippen molar-refractivity contribution in [2.75, 3.05) is 12.8 Å². The zero-order valence-electron chi connectivity index (χ0n) is 12.2. The van der Waals surface area contributed by atoms with Gasteiger partial charge in [0.1, 0.15) is 5.82 Å². The van der Waals surface area contributed by atoms with E-state index in [0.717, 1.165) is 11.3 Å². The zero-order chi connectivity index (χ0) is 15.4.